The van der Waals surface area contributed by atoms with Crippen LogP contribution in [-0.4, -0.2) is 18.4 Å². The quantitative estimate of drug-likeness (QED) is 0.893. The number of benzene rings is 1. The molecule has 0 spiro atoms. The van der Waals surface area contributed by atoms with Gasteiger partial charge in [0.05, 0.1) is 12.7 Å². The third-order valence-electron chi connectivity index (χ3n) is 2.37. The molecule has 0 bridgehead atoms. The van der Waals surface area contributed by atoms with Crippen molar-refractivity contribution in [2.24, 2.45) is 5.73 Å². The molecule has 0 aliphatic carbocycles. The van der Waals surface area contributed by atoms with Gasteiger partial charge in [-0.05, 0) is 18.6 Å². The summed E-state index contributed by atoms with van der Waals surface area (Å²) in [4.78, 5) is 0. The van der Waals surface area contributed by atoms with Crippen molar-refractivity contribution in [3.05, 3.63) is 23.8 Å². The van der Waals surface area contributed by atoms with Crippen molar-refractivity contribution in [2.45, 2.75) is 25.1 Å². The molecule has 0 unspecified atom stereocenters. The lowest BCUT2D eigenvalue weighted by molar-refractivity contribution is -0.136. The molecule has 0 aliphatic rings. The second kappa shape index (κ2) is 6.70. The summed E-state index contributed by atoms with van der Waals surface area (Å²) >= 11 is 0. The van der Waals surface area contributed by atoms with E-state index < -0.39 is 18.6 Å². The number of phenolic OH excluding ortho intramolecular Hbond substituents is 1. The van der Waals surface area contributed by atoms with Gasteiger partial charge in [-0.15, -0.1) is 12.4 Å². The van der Waals surface area contributed by atoms with Crippen LogP contribution < -0.4 is 10.5 Å². The number of hydrogen-bond acceptors (Lipinski definition) is 3. The summed E-state index contributed by atoms with van der Waals surface area (Å²) in [6.07, 6.45) is -5.54. The van der Waals surface area contributed by atoms with E-state index in [1.54, 1.807) is 6.07 Å². The van der Waals surface area contributed by atoms with E-state index in [1.165, 1.54) is 19.2 Å². The SMILES string of the molecule is COc1cccc(O)c1[C@H](N)CCC(F)(F)F.Cl. The van der Waals surface area contributed by atoms with Gasteiger partial charge < -0.3 is 15.6 Å². The number of alkyl halides is 3. The van der Waals surface area contributed by atoms with Gasteiger partial charge >= 0.3 is 6.18 Å². The average Bonchev–Trinajstić information content (AvgIpc) is 2.24. The Kier molecular flexibility index (Phi) is 6.28. The minimum Gasteiger partial charge on any atom is -0.507 e. The highest BCUT2D eigenvalue weighted by Crippen LogP contribution is 2.35. The van der Waals surface area contributed by atoms with Crippen LogP contribution in [0.4, 0.5) is 13.2 Å². The van der Waals surface area contributed by atoms with E-state index in [0.29, 0.717) is 5.75 Å². The van der Waals surface area contributed by atoms with Crippen molar-refractivity contribution in [3.8, 4) is 11.5 Å². The molecule has 1 aromatic rings. The molecule has 0 radical (unpaired) electrons. The fourth-order valence-corrected chi connectivity index (χ4v) is 1.55. The summed E-state index contributed by atoms with van der Waals surface area (Å²) in [5.74, 6) is 0.138. The molecule has 3 N–H and O–H groups in total. The number of methoxy groups -OCH3 is 1. The van der Waals surface area contributed by atoms with E-state index in [-0.39, 0.29) is 30.1 Å². The van der Waals surface area contributed by atoms with Crippen molar-refractivity contribution in [1.29, 1.82) is 0 Å². The first-order chi connectivity index (χ1) is 7.85. The van der Waals surface area contributed by atoms with Crippen LogP contribution in [0.2, 0.25) is 0 Å². The van der Waals surface area contributed by atoms with Gasteiger partial charge in [-0.25, -0.2) is 0 Å². The van der Waals surface area contributed by atoms with E-state index in [2.05, 4.69) is 0 Å². The van der Waals surface area contributed by atoms with Gasteiger partial charge in [0.25, 0.3) is 0 Å². The first-order valence-corrected chi connectivity index (χ1v) is 5.03. The zero-order chi connectivity index (χ0) is 13.1. The molecule has 0 fully saturated rings. The summed E-state index contributed by atoms with van der Waals surface area (Å²) in [7, 11) is 1.37. The van der Waals surface area contributed by atoms with E-state index in [4.69, 9.17) is 10.5 Å². The maximum atomic E-state index is 12.1. The van der Waals surface area contributed by atoms with Gasteiger partial charge in [-0.3, -0.25) is 0 Å². The molecule has 1 atom stereocenters. The number of hydrogen-bond donors (Lipinski definition) is 2. The monoisotopic (exact) mass is 285 g/mol. The van der Waals surface area contributed by atoms with Gasteiger partial charge in [0.2, 0.25) is 0 Å². The smallest absolute Gasteiger partial charge is 0.389 e. The number of nitrogens with two attached hydrogens (primary N) is 1. The molecule has 0 saturated heterocycles. The molecular formula is C11H15ClF3NO2. The first-order valence-electron chi connectivity index (χ1n) is 5.03. The Morgan fingerprint density at radius 3 is 2.50 bits per heavy atom. The van der Waals surface area contributed by atoms with Crippen molar-refractivity contribution < 1.29 is 23.0 Å². The highest BCUT2D eigenvalue weighted by Gasteiger charge is 2.29. The Bertz CT molecular complexity index is 385. The average molecular weight is 286 g/mol. The Morgan fingerprint density at radius 1 is 1.39 bits per heavy atom. The lowest BCUT2D eigenvalue weighted by atomic mass is 10.0. The fraction of sp³-hybridized carbons (Fsp3) is 0.455. The minimum atomic E-state index is -4.25. The maximum Gasteiger partial charge on any atom is 0.389 e. The molecule has 0 saturated carbocycles. The molecule has 104 valence electrons. The molecule has 0 aromatic heterocycles. The summed E-state index contributed by atoms with van der Waals surface area (Å²) in [6.45, 7) is 0. The number of aromatic hydroxyl groups is 1. The maximum absolute atomic E-state index is 12.1. The normalized spacial score (nSPS) is 12.7. The zero-order valence-corrected chi connectivity index (χ0v) is 10.5. The number of phenols is 1. The lowest BCUT2D eigenvalue weighted by Gasteiger charge is -2.17. The summed E-state index contributed by atoms with van der Waals surface area (Å²) in [5.41, 5.74) is 5.85. The van der Waals surface area contributed by atoms with Crippen molar-refractivity contribution in [2.75, 3.05) is 7.11 Å². The van der Waals surface area contributed by atoms with Crippen molar-refractivity contribution in [1.82, 2.24) is 0 Å². The van der Waals surface area contributed by atoms with Crippen molar-refractivity contribution >= 4 is 12.4 Å². The van der Waals surface area contributed by atoms with E-state index in [0.717, 1.165) is 0 Å². The Hall–Kier alpha value is -1.14. The van der Waals surface area contributed by atoms with Crippen LogP contribution >= 0.6 is 12.4 Å². The van der Waals surface area contributed by atoms with E-state index in [1.807, 2.05) is 0 Å². The van der Waals surface area contributed by atoms with Crippen LogP contribution in [0.3, 0.4) is 0 Å². The lowest BCUT2D eigenvalue weighted by Crippen LogP contribution is -2.16. The number of ether oxygens (including phenoxy) is 1. The molecule has 18 heavy (non-hydrogen) atoms. The van der Waals surface area contributed by atoms with Crippen LogP contribution in [0.5, 0.6) is 11.5 Å². The molecule has 3 nitrogen and oxygen atoms in total. The van der Waals surface area contributed by atoms with E-state index >= 15 is 0 Å². The molecule has 0 heterocycles. The molecule has 7 heteroatoms. The first kappa shape index (κ1) is 16.9. The Labute approximate surface area is 109 Å². The third-order valence-corrected chi connectivity index (χ3v) is 2.37. The topological polar surface area (TPSA) is 55.5 Å². The zero-order valence-electron chi connectivity index (χ0n) is 9.70. The minimum absolute atomic E-state index is 0. The van der Waals surface area contributed by atoms with Gasteiger partial charge in [0, 0.05) is 12.5 Å². The largest absolute Gasteiger partial charge is 0.507 e. The van der Waals surface area contributed by atoms with Gasteiger partial charge in [-0.1, -0.05) is 6.07 Å². The van der Waals surface area contributed by atoms with Crippen LogP contribution in [-0.2, 0) is 0 Å². The standard InChI is InChI=1S/C11H14F3NO2.ClH/c1-17-9-4-2-3-8(16)10(9)7(15)5-6-11(12,13)14;/h2-4,7,16H,5-6,15H2,1H3;1H/t7-;/m1./s1. The van der Waals surface area contributed by atoms with E-state index in [9.17, 15) is 18.3 Å². The van der Waals surface area contributed by atoms with Crippen LogP contribution in [0.25, 0.3) is 0 Å². The second-order valence-electron chi connectivity index (χ2n) is 3.65. The van der Waals surface area contributed by atoms with Crippen LogP contribution in [0.15, 0.2) is 18.2 Å². The van der Waals surface area contributed by atoms with Crippen LogP contribution in [0, 0.1) is 0 Å². The highest BCUT2D eigenvalue weighted by molar-refractivity contribution is 5.85. The van der Waals surface area contributed by atoms with Crippen LogP contribution in [0.1, 0.15) is 24.4 Å². The molecule has 0 aliphatic heterocycles. The molecular weight excluding hydrogens is 271 g/mol. The predicted octanol–water partition coefficient (Wildman–Crippen LogP) is 3.16. The molecule has 1 aromatic carbocycles. The fourth-order valence-electron chi connectivity index (χ4n) is 1.55. The van der Waals surface area contributed by atoms with Gasteiger partial charge in [0.1, 0.15) is 11.5 Å². The Balaban J connectivity index is 0.00000289. The predicted molar refractivity (Wildman–Crippen MR) is 64.1 cm³/mol. The molecule has 1 rings (SSSR count). The second-order valence-corrected chi connectivity index (χ2v) is 3.65. The summed E-state index contributed by atoms with van der Waals surface area (Å²) in [5, 5.41) is 9.58. The third kappa shape index (κ3) is 4.62. The Morgan fingerprint density at radius 2 is 2.00 bits per heavy atom. The highest BCUT2D eigenvalue weighted by atomic mass is 35.5. The van der Waals surface area contributed by atoms with Crippen molar-refractivity contribution in [3.63, 3.8) is 0 Å². The van der Waals surface area contributed by atoms with Gasteiger partial charge in [0.15, 0.2) is 0 Å². The number of rotatable bonds is 4. The number of halogens is 4. The molecule has 0 amide bonds. The van der Waals surface area contributed by atoms with Gasteiger partial charge in [-0.2, -0.15) is 13.2 Å². The summed E-state index contributed by atoms with van der Waals surface area (Å²) < 4.78 is 41.2. The summed E-state index contributed by atoms with van der Waals surface area (Å²) in [6, 6.07) is 3.54.